The number of ether oxygens (including phenoxy) is 2. The summed E-state index contributed by atoms with van der Waals surface area (Å²) in [5.74, 6) is 1.18. The number of rotatable bonds is 8. The molecule has 2 amide bonds. The Morgan fingerprint density at radius 1 is 1.00 bits per heavy atom. The highest BCUT2D eigenvalue weighted by Gasteiger charge is 2.13. The zero-order chi connectivity index (χ0) is 20.7. The Morgan fingerprint density at radius 2 is 1.64 bits per heavy atom. The fourth-order valence-corrected chi connectivity index (χ4v) is 2.84. The van der Waals surface area contributed by atoms with Crippen molar-refractivity contribution in [2.75, 3.05) is 47.2 Å². The van der Waals surface area contributed by atoms with Gasteiger partial charge < -0.3 is 24.6 Å². The van der Waals surface area contributed by atoms with Crippen LogP contribution < -0.4 is 19.7 Å². The van der Waals surface area contributed by atoms with Gasteiger partial charge in [-0.25, -0.2) is 0 Å². The van der Waals surface area contributed by atoms with Crippen LogP contribution in [0.1, 0.15) is 15.9 Å². The van der Waals surface area contributed by atoms with Gasteiger partial charge in [0.25, 0.3) is 11.8 Å². The van der Waals surface area contributed by atoms with E-state index in [0.29, 0.717) is 35.8 Å². The molecule has 0 radical (unpaired) electrons. The van der Waals surface area contributed by atoms with E-state index in [4.69, 9.17) is 9.47 Å². The van der Waals surface area contributed by atoms with Crippen molar-refractivity contribution >= 4 is 17.5 Å². The summed E-state index contributed by atoms with van der Waals surface area (Å²) in [4.78, 5) is 26.8. The molecular weight excluding hydrogens is 358 g/mol. The predicted molar refractivity (Wildman–Crippen MR) is 108 cm³/mol. The van der Waals surface area contributed by atoms with Crippen LogP contribution in [0.3, 0.4) is 0 Å². The zero-order valence-electron chi connectivity index (χ0n) is 17.0. The van der Waals surface area contributed by atoms with Gasteiger partial charge in [0.2, 0.25) is 0 Å². The Labute approximate surface area is 165 Å². The van der Waals surface area contributed by atoms with Gasteiger partial charge in [0.1, 0.15) is 6.54 Å². The number of likely N-dealkylation sites (N-methyl/N-ethyl adjacent to an activating group) is 1. The SMILES string of the molecule is COc1ccc(C[NH+](C)CC(=O)Nc2ccc(C(=O)N(C)C)cc2)cc1OC. The van der Waals surface area contributed by atoms with E-state index in [9.17, 15) is 9.59 Å². The molecule has 0 fully saturated rings. The van der Waals surface area contributed by atoms with Crippen molar-refractivity contribution in [3.05, 3.63) is 53.6 Å². The molecule has 2 aromatic carbocycles. The lowest BCUT2D eigenvalue weighted by molar-refractivity contribution is -0.885. The van der Waals surface area contributed by atoms with Crippen molar-refractivity contribution < 1.29 is 24.0 Å². The van der Waals surface area contributed by atoms with E-state index in [1.807, 2.05) is 25.2 Å². The Hall–Kier alpha value is -3.06. The number of benzene rings is 2. The first kappa shape index (κ1) is 21.2. The molecular formula is C21H28N3O4+. The van der Waals surface area contributed by atoms with Gasteiger partial charge in [-0.2, -0.15) is 0 Å². The van der Waals surface area contributed by atoms with Gasteiger partial charge in [0.15, 0.2) is 18.0 Å². The van der Waals surface area contributed by atoms with Gasteiger partial charge in [0, 0.05) is 30.9 Å². The number of carbonyl (C=O) groups is 2. The second kappa shape index (κ2) is 9.75. The summed E-state index contributed by atoms with van der Waals surface area (Å²) in [7, 11) is 8.56. The highest BCUT2D eigenvalue weighted by Crippen LogP contribution is 2.27. The molecule has 2 N–H and O–H groups in total. The summed E-state index contributed by atoms with van der Waals surface area (Å²) < 4.78 is 10.6. The maximum Gasteiger partial charge on any atom is 0.279 e. The minimum atomic E-state index is -0.0929. The third-order valence-electron chi connectivity index (χ3n) is 4.24. The quantitative estimate of drug-likeness (QED) is 0.712. The molecule has 7 nitrogen and oxygen atoms in total. The molecule has 0 bridgehead atoms. The molecule has 0 saturated carbocycles. The van der Waals surface area contributed by atoms with Gasteiger partial charge >= 0.3 is 0 Å². The summed E-state index contributed by atoms with van der Waals surface area (Å²) in [5.41, 5.74) is 2.30. The number of anilines is 1. The molecule has 1 unspecified atom stereocenters. The van der Waals surface area contributed by atoms with Crippen molar-refractivity contribution in [1.29, 1.82) is 0 Å². The number of hydrogen-bond acceptors (Lipinski definition) is 4. The standard InChI is InChI=1S/C21H27N3O4/c1-23(2)21(26)16-7-9-17(10-8-16)22-20(25)14-24(3)13-15-6-11-18(27-4)19(12-15)28-5/h6-12H,13-14H2,1-5H3,(H,22,25)/p+1. The fourth-order valence-electron chi connectivity index (χ4n) is 2.84. The maximum atomic E-state index is 12.3. The first-order chi connectivity index (χ1) is 13.3. The predicted octanol–water partition coefficient (Wildman–Crippen LogP) is 1.06. The molecule has 0 aliphatic rings. The number of nitrogens with one attached hydrogen (secondary N) is 2. The van der Waals surface area contributed by atoms with E-state index in [-0.39, 0.29) is 11.8 Å². The average molecular weight is 386 g/mol. The van der Waals surface area contributed by atoms with Crippen LogP contribution in [0.15, 0.2) is 42.5 Å². The molecule has 0 saturated heterocycles. The van der Waals surface area contributed by atoms with Crippen molar-refractivity contribution in [3.63, 3.8) is 0 Å². The first-order valence-electron chi connectivity index (χ1n) is 8.97. The largest absolute Gasteiger partial charge is 0.493 e. The Bertz CT molecular complexity index is 819. The molecule has 2 aromatic rings. The van der Waals surface area contributed by atoms with Crippen LogP contribution >= 0.6 is 0 Å². The molecule has 0 aliphatic heterocycles. The molecule has 2 rings (SSSR count). The van der Waals surface area contributed by atoms with Gasteiger partial charge in [0.05, 0.1) is 21.3 Å². The van der Waals surface area contributed by atoms with Crippen molar-refractivity contribution in [2.45, 2.75) is 6.54 Å². The number of quaternary nitrogens is 1. The van der Waals surface area contributed by atoms with Gasteiger partial charge in [-0.3, -0.25) is 9.59 Å². The summed E-state index contributed by atoms with van der Waals surface area (Å²) in [6.45, 7) is 0.983. The van der Waals surface area contributed by atoms with E-state index >= 15 is 0 Å². The molecule has 0 aromatic heterocycles. The van der Waals surface area contributed by atoms with Gasteiger partial charge in [-0.1, -0.05) is 0 Å². The summed E-state index contributed by atoms with van der Waals surface area (Å²) in [6, 6.07) is 12.6. The van der Waals surface area contributed by atoms with Crippen LogP contribution in [0.5, 0.6) is 11.5 Å². The number of amides is 2. The van der Waals surface area contributed by atoms with Crippen LogP contribution in [0.25, 0.3) is 0 Å². The first-order valence-corrected chi connectivity index (χ1v) is 8.97. The summed E-state index contributed by atoms with van der Waals surface area (Å²) in [6.07, 6.45) is 0. The number of methoxy groups -OCH3 is 2. The summed E-state index contributed by atoms with van der Waals surface area (Å²) in [5, 5.41) is 2.87. The average Bonchev–Trinajstić information content (AvgIpc) is 2.67. The topological polar surface area (TPSA) is 72.3 Å². The number of nitrogens with zero attached hydrogens (tertiary/aromatic N) is 1. The molecule has 0 heterocycles. The highest BCUT2D eigenvalue weighted by atomic mass is 16.5. The molecule has 150 valence electrons. The third-order valence-corrected chi connectivity index (χ3v) is 4.24. The van der Waals surface area contributed by atoms with Crippen LogP contribution in [0, 0.1) is 0 Å². The van der Waals surface area contributed by atoms with Crippen molar-refractivity contribution in [1.82, 2.24) is 4.90 Å². The minimum Gasteiger partial charge on any atom is -0.493 e. The second-order valence-corrected chi connectivity index (χ2v) is 6.83. The van der Waals surface area contributed by atoms with Crippen molar-refractivity contribution in [2.24, 2.45) is 0 Å². The molecule has 28 heavy (non-hydrogen) atoms. The molecule has 7 heteroatoms. The third kappa shape index (κ3) is 5.72. The Morgan fingerprint density at radius 3 is 2.21 bits per heavy atom. The zero-order valence-corrected chi connectivity index (χ0v) is 17.0. The molecule has 0 spiro atoms. The van der Waals surface area contributed by atoms with Crippen LogP contribution in [0.4, 0.5) is 5.69 Å². The van der Waals surface area contributed by atoms with E-state index in [0.717, 1.165) is 10.5 Å². The van der Waals surface area contributed by atoms with E-state index in [1.165, 1.54) is 4.90 Å². The lowest BCUT2D eigenvalue weighted by Gasteiger charge is -2.15. The van der Waals surface area contributed by atoms with Gasteiger partial charge in [-0.15, -0.1) is 0 Å². The van der Waals surface area contributed by atoms with Crippen LogP contribution in [-0.4, -0.2) is 58.6 Å². The second-order valence-electron chi connectivity index (χ2n) is 6.83. The maximum absolute atomic E-state index is 12.3. The number of hydrogen-bond donors (Lipinski definition) is 2. The lowest BCUT2D eigenvalue weighted by Crippen LogP contribution is -3.08. The molecule has 1 atom stereocenters. The lowest BCUT2D eigenvalue weighted by atomic mass is 10.2. The number of carbonyl (C=O) groups excluding carboxylic acids is 2. The molecule has 0 aliphatic carbocycles. The van der Waals surface area contributed by atoms with E-state index < -0.39 is 0 Å². The Kier molecular flexibility index (Phi) is 7.40. The highest BCUT2D eigenvalue weighted by molar-refractivity contribution is 5.95. The van der Waals surface area contributed by atoms with E-state index in [2.05, 4.69) is 5.32 Å². The summed E-state index contributed by atoms with van der Waals surface area (Å²) >= 11 is 0. The van der Waals surface area contributed by atoms with Crippen molar-refractivity contribution in [3.8, 4) is 11.5 Å². The van der Waals surface area contributed by atoms with E-state index in [1.54, 1.807) is 52.6 Å². The minimum absolute atomic E-state index is 0.0722. The fraction of sp³-hybridized carbons (Fsp3) is 0.333. The Balaban J connectivity index is 1.91. The van der Waals surface area contributed by atoms with Crippen LogP contribution in [0.2, 0.25) is 0 Å². The van der Waals surface area contributed by atoms with Gasteiger partial charge in [-0.05, 0) is 42.5 Å². The van der Waals surface area contributed by atoms with Crippen LogP contribution in [-0.2, 0) is 11.3 Å². The normalized spacial score (nSPS) is 11.5. The monoisotopic (exact) mass is 386 g/mol. The smallest absolute Gasteiger partial charge is 0.279 e.